The zero-order valence-electron chi connectivity index (χ0n) is 15.8. The predicted octanol–water partition coefficient (Wildman–Crippen LogP) is 4.35. The van der Waals surface area contributed by atoms with Gasteiger partial charge < -0.3 is 14.8 Å². The van der Waals surface area contributed by atoms with Gasteiger partial charge in [0.2, 0.25) is 0 Å². The molecule has 0 aromatic heterocycles. The number of hydrogen-bond donors (Lipinski definition) is 1. The molecule has 2 atom stereocenters. The number of ether oxygens (including phenoxy) is 2. The van der Waals surface area contributed by atoms with Gasteiger partial charge in [-0.05, 0) is 31.0 Å². The summed E-state index contributed by atoms with van der Waals surface area (Å²) in [7, 11) is 0. The largest absolute Gasteiger partial charge is 0.493 e. The van der Waals surface area contributed by atoms with E-state index in [-0.39, 0.29) is 17.8 Å². The van der Waals surface area contributed by atoms with Crippen molar-refractivity contribution in [3.05, 3.63) is 64.5 Å². The average molecular weight is 357 g/mol. The van der Waals surface area contributed by atoms with Crippen LogP contribution in [0.2, 0.25) is 0 Å². The lowest BCUT2D eigenvalue weighted by atomic mass is 9.89. The van der Waals surface area contributed by atoms with Gasteiger partial charge in [-0.15, -0.1) is 0 Å². The molecule has 26 heavy (non-hydrogen) atoms. The second-order valence-electron chi connectivity index (χ2n) is 7.08. The third-order valence-corrected chi connectivity index (χ3v) is 4.98. The Morgan fingerprint density at radius 3 is 2.77 bits per heavy atom. The fraction of sp³-hybridized carbons (Fsp3) is 0.455. The standard InChI is InChI=1S/C22H28FNO2/c1-15-12-16(2)22(26-10-8-18-14-24-9-11-25-18)20(13-15)17(3)19-6-4-5-7-21(19)23/h4-7,12-13,17-18,24H,8-11,14H2,1-3H3. The van der Waals surface area contributed by atoms with Crippen molar-refractivity contribution in [1.82, 2.24) is 5.32 Å². The van der Waals surface area contributed by atoms with Crippen molar-refractivity contribution in [3.63, 3.8) is 0 Å². The van der Waals surface area contributed by atoms with E-state index in [4.69, 9.17) is 9.47 Å². The van der Waals surface area contributed by atoms with E-state index in [1.165, 1.54) is 6.07 Å². The molecule has 2 aromatic rings. The number of nitrogens with one attached hydrogen (secondary N) is 1. The van der Waals surface area contributed by atoms with Gasteiger partial charge in [0.15, 0.2) is 0 Å². The third kappa shape index (κ3) is 4.43. The van der Waals surface area contributed by atoms with Crippen LogP contribution in [0.1, 0.15) is 41.5 Å². The topological polar surface area (TPSA) is 30.5 Å². The summed E-state index contributed by atoms with van der Waals surface area (Å²) in [4.78, 5) is 0. The summed E-state index contributed by atoms with van der Waals surface area (Å²) in [6.07, 6.45) is 1.04. The number of morpholine rings is 1. The second kappa shape index (κ2) is 8.65. The maximum atomic E-state index is 14.3. The van der Waals surface area contributed by atoms with Gasteiger partial charge in [0.1, 0.15) is 11.6 Å². The smallest absolute Gasteiger partial charge is 0.127 e. The molecule has 1 heterocycles. The number of benzene rings is 2. The van der Waals surface area contributed by atoms with Crippen molar-refractivity contribution >= 4 is 0 Å². The molecule has 2 aromatic carbocycles. The highest BCUT2D eigenvalue weighted by Crippen LogP contribution is 2.36. The molecule has 0 spiro atoms. The van der Waals surface area contributed by atoms with Gasteiger partial charge in [-0.3, -0.25) is 0 Å². The van der Waals surface area contributed by atoms with Crippen LogP contribution in [0.25, 0.3) is 0 Å². The normalized spacial score (nSPS) is 18.5. The highest BCUT2D eigenvalue weighted by Gasteiger charge is 2.20. The Morgan fingerprint density at radius 1 is 1.23 bits per heavy atom. The second-order valence-corrected chi connectivity index (χ2v) is 7.08. The van der Waals surface area contributed by atoms with Gasteiger partial charge in [0.05, 0.1) is 19.3 Å². The summed E-state index contributed by atoms with van der Waals surface area (Å²) in [5, 5.41) is 3.34. The van der Waals surface area contributed by atoms with Crippen molar-refractivity contribution in [2.45, 2.75) is 39.2 Å². The quantitative estimate of drug-likeness (QED) is 0.834. The van der Waals surface area contributed by atoms with Gasteiger partial charge in [0, 0.05) is 31.0 Å². The summed E-state index contributed by atoms with van der Waals surface area (Å²) in [6.45, 7) is 9.28. The highest BCUT2D eigenvalue weighted by atomic mass is 19.1. The summed E-state index contributed by atoms with van der Waals surface area (Å²) in [6, 6.07) is 11.2. The molecule has 1 saturated heterocycles. The highest BCUT2D eigenvalue weighted by molar-refractivity contribution is 5.48. The molecule has 1 aliphatic rings. The van der Waals surface area contributed by atoms with Gasteiger partial charge in [0.25, 0.3) is 0 Å². The van der Waals surface area contributed by atoms with Crippen LogP contribution in [0.4, 0.5) is 4.39 Å². The molecule has 0 amide bonds. The predicted molar refractivity (Wildman–Crippen MR) is 103 cm³/mol. The van der Waals surface area contributed by atoms with E-state index in [2.05, 4.69) is 31.3 Å². The molecule has 4 heteroatoms. The molecule has 0 bridgehead atoms. The van der Waals surface area contributed by atoms with Crippen LogP contribution in [-0.4, -0.2) is 32.4 Å². The molecule has 1 aliphatic heterocycles. The van der Waals surface area contributed by atoms with Crippen LogP contribution >= 0.6 is 0 Å². The maximum absolute atomic E-state index is 14.3. The first-order chi connectivity index (χ1) is 12.6. The van der Waals surface area contributed by atoms with E-state index in [0.717, 1.165) is 48.6 Å². The molecule has 3 nitrogen and oxygen atoms in total. The molecule has 1 fully saturated rings. The first-order valence-corrected chi connectivity index (χ1v) is 9.37. The van der Waals surface area contributed by atoms with Crippen LogP contribution in [0.5, 0.6) is 5.75 Å². The number of aryl methyl sites for hydroxylation is 2. The average Bonchev–Trinajstić information content (AvgIpc) is 2.64. The van der Waals surface area contributed by atoms with Crippen molar-refractivity contribution in [3.8, 4) is 5.75 Å². The van der Waals surface area contributed by atoms with Crippen LogP contribution in [0.3, 0.4) is 0 Å². The minimum atomic E-state index is -0.174. The van der Waals surface area contributed by atoms with E-state index >= 15 is 0 Å². The maximum Gasteiger partial charge on any atom is 0.127 e. The van der Waals surface area contributed by atoms with Gasteiger partial charge in [-0.2, -0.15) is 0 Å². The van der Waals surface area contributed by atoms with E-state index in [1.807, 2.05) is 19.1 Å². The summed E-state index contributed by atoms with van der Waals surface area (Å²) in [5.74, 6) is 0.624. The van der Waals surface area contributed by atoms with Gasteiger partial charge in [-0.25, -0.2) is 4.39 Å². The Morgan fingerprint density at radius 2 is 2.04 bits per heavy atom. The Balaban J connectivity index is 1.79. The first-order valence-electron chi connectivity index (χ1n) is 9.37. The molecule has 2 unspecified atom stereocenters. The van der Waals surface area contributed by atoms with Crippen molar-refractivity contribution in [1.29, 1.82) is 0 Å². The third-order valence-electron chi connectivity index (χ3n) is 4.98. The molecule has 0 radical (unpaired) electrons. The lowest BCUT2D eigenvalue weighted by Crippen LogP contribution is -2.39. The van der Waals surface area contributed by atoms with Crippen molar-refractivity contribution in [2.75, 3.05) is 26.3 Å². The van der Waals surface area contributed by atoms with Crippen LogP contribution in [-0.2, 0) is 4.74 Å². The Hall–Kier alpha value is -1.91. The molecular weight excluding hydrogens is 329 g/mol. The number of hydrogen-bond acceptors (Lipinski definition) is 3. The SMILES string of the molecule is Cc1cc(C)c(OCCC2CNCCO2)c(C(C)c2ccccc2F)c1. The van der Waals surface area contributed by atoms with Crippen LogP contribution in [0.15, 0.2) is 36.4 Å². The summed E-state index contributed by atoms with van der Waals surface area (Å²) in [5.41, 5.74) is 3.98. The minimum Gasteiger partial charge on any atom is -0.493 e. The number of rotatable bonds is 6. The fourth-order valence-corrected chi connectivity index (χ4v) is 3.60. The molecule has 1 N–H and O–H groups in total. The Bertz CT molecular complexity index is 741. The first kappa shape index (κ1) is 18.9. The lowest BCUT2D eigenvalue weighted by molar-refractivity contribution is 0.0158. The molecule has 3 rings (SSSR count). The van der Waals surface area contributed by atoms with Crippen molar-refractivity contribution in [2.24, 2.45) is 0 Å². The number of halogens is 1. The van der Waals surface area contributed by atoms with Crippen molar-refractivity contribution < 1.29 is 13.9 Å². The van der Waals surface area contributed by atoms with E-state index in [1.54, 1.807) is 6.07 Å². The molecular formula is C22H28FNO2. The van der Waals surface area contributed by atoms with Gasteiger partial charge in [-0.1, -0.05) is 42.8 Å². The van der Waals surface area contributed by atoms with Gasteiger partial charge >= 0.3 is 0 Å². The zero-order valence-corrected chi connectivity index (χ0v) is 15.8. The Labute approximate surface area is 155 Å². The van der Waals surface area contributed by atoms with E-state index < -0.39 is 0 Å². The Kier molecular flexibility index (Phi) is 6.28. The molecule has 0 saturated carbocycles. The minimum absolute atomic E-state index is 0.0719. The lowest BCUT2D eigenvalue weighted by Gasteiger charge is -2.25. The molecule has 140 valence electrons. The summed E-state index contributed by atoms with van der Waals surface area (Å²) >= 11 is 0. The fourth-order valence-electron chi connectivity index (χ4n) is 3.60. The molecule has 0 aliphatic carbocycles. The van der Waals surface area contributed by atoms with E-state index in [0.29, 0.717) is 12.2 Å². The van der Waals surface area contributed by atoms with Crippen LogP contribution in [0, 0.1) is 19.7 Å². The monoisotopic (exact) mass is 357 g/mol. The zero-order chi connectivity index (χ0) is 18.5. The van der Waals surface area contributed by atoms with E-state index in [9.17, 15) is 4.39 Å². The summed E-state index contributed by atoms with van der Waals surface area (Å²) < 4.78 is 26.2. The van der Waals surface area contributed by atoms with Crippen LogP contribution < -0.4 is 10.1 Å².